The van der Waals surface area contributed by atoms with Crippen LogP contribution in [0.3, 0.4) is 0 Å². The molecule has 0 aliphatic heterocycles. The van der Waals surface area contributed by atoms with Crippen molar-refractivity contribution in [2.75, 3.05) is 0 Å². The molecule has 15 heavy (non-hydrogen) atoms. The Bertz CT molecular complexity index is 419. The van der Waals surface area contributed by atoms with Crippen LogP contribution in [0, 0.1) is 6.92 Å². The molecule has 0 heterocycles. The zero-order valence-electron chi connectivity index (χ0n) is 9.75. The van der Waals surface area contributed by atoms with Crippen molar-refractivity contribution >= 4 is 0 Å². The van der Waals surface area contributed by atoms with E-state index in [1.54, 1.807) is 0 Å². The summed E-state index contributed by atoms with van der Waals surface area (Å²) >= 11 is 0. The lowest BCUT2D eigenvalue weighted by molar-refractivity contribution is 0.613. The molecular weight excluding hydrogens is 180 g/mol. The first-order valence-corrected chi connectivity index (χ1v) is 5.54. The van der Waals surface area contributed by atoms with Crippen molar-refractivity contribution in [3.05, 3.63) is 59.2 Å². The Morgan fingerprint density at radius 2 is 2.00 bits per heavy atom. The second kappa shape index (κ2) is 3.69. The molecule has 0 aromatic heterocycles. The van der Waals surface area contributed by atoms with Gasteiger partial charge in [0.1, 0.15) is 0 Å². The first kappa shape index (κ1) is 10.2. The Morgan fingerprint density at radius 1 is 1.20 bits per heavy atom. The molecule has 0 fully saturated rings. The minimum Gasteiger partial charge on any atom is -0.0804 e. The summed E-state index contributed by atoms with van der Waals surface area (Å²) in [6, 6.07) is 8.82. The average Bonchev–Trinajstić information content (AvgIpc) is 2.71. The fraction of sp³-hybridized carbons (Fsp3) is 0.333. The summed E-state index contributed by atoms with van der Waals surface area (Å²) < 4.78 is 0. The quantitative estimate of drug-likeness (QED) is 0.669. The van der Waals surface area contributed by atoms with Crippen molar-refractivity contribution in [2.45, 2.75) is 32.6 Å². The van der Waals surface area contributed by atoms with Gasteiger partial charge in [-0.2, -0.15) is 0 Å². The molecule has 0 atom stereocenters. The van der Waals surface area contributed by atoms with Crippen molar-refractivity contribution in [1.82, 2.24) is 0 Å². The molecule has 1 aliphatic carbocycles. The van der Waals surface area contributed by atoms with Crippen molar-refractivity contribution < 1.29 is 0 Å². The molecule has 0 bridgehead atoms. The third kappa shape index (κ3) is 1.90. The van der Waals surface area contributed by atoms with Gasteiger partial charge in [0.05, 0.1) is 0 Å². The van der Waals surface area contributed by atoms with E-state index in [-0.39, 0.29) is 5.41 Å². The van der Waals surface area contributed by atoms with Gasteiger partial charge >= 0.3 is 0 Å². The van der Waals surface area contributed by atoms with Gasteiger partial charge < -0.3 is 0 Å². The molecule has 0 amide bonds. The van der Waals surface area contributed by atoms with Gasteiger partial charge in [-0.1, -0.05) is 67.5 Å². The summed E-state index contributed by atoms with van der Waals surface area (Å²) in [7, 11) is 0. The molecule has 1 aromatic carbocycles. The molecule has 2 rings (SSSR count). The van der Waals surface area contributed by atoms with Gasteiger partial charge in [0.2, 0.25) is 0 Å². The standard InChI is InChI=1S/C15H18/c1-12-7-6-10-14(11-12)15(2,3)13-8-4-5-9-13/h4-8,10-11H,9H2,1-3H3. The highest BCUT2D eigenvalue weighted by Crippen LogP contribution is 2.35. The molecule has 0 N–H and O–H groups in total. The third-order valence-electron chi connectivity index (χ3n) is 3.31. The maximum absolute atomic E-state index is 2.31. The van der Waals surface area contributed by atoms with E-state index in [9.17, 15) is 0 Å². The summed E-state index contributed by atoms with van der Waals surface area (Å²) in [6.45, 7) is 6.77. The first-order valence-electron chi connectivity index (χ1n) is 5.54. The lowest BCUT2D eigenvalue weighted by Gasteiger charge is -2.27. The Morgan fingerprint density at radius 3 is 2.60 bits per heavy atom. The maximum Gasteiger partial charge on any atom is 0.0111 e. The fourth-order valence-electron chi connectivity index (χ4n) is 2.13. The second-order valence-corrected chi connectivity index (χ2v) is 4.82. The summed E-state index contributed by atoms with van der Waals surface area (Å²) in [5, 5.41) is 0. The molecular formula is C15H18. The van der Waals surface area contributed by atoms with Crippen LogP contribution in [0.2, 0.25) is 0 Å². The van der Waals surface area contributed by atoms with Crippen molar-refractivity contribution in [1.29, 1.82) is 0 Å². The number of aryl methyl sites for hydroxylation is 1. The zero-order chi connectivity index (χ0) is 10.9. The molecule has 1 aromatic rings. The van der Waals surface area contributed by atoms with Crippen LogP contribution < -0.4 is 0 Å². The van der Waals surface area contributed by atoms with Crippen LogP contribution in [-0.2, 0) is 5.41 Å². The predicted octanol–water partition coefficient (Wildman–Crippen LogP) is 4.16. The first-order chi connectivity index (χ1) is 7.10. The topological polar surface area (TPSA) is 0 Å². The van der Waals surface area contributed by atoms with Gasteiger partial charge in [0, 0.05) is 5.41 Å². The second-order valence-electron chi connectivity index (χ2n) is 4.82. The smallest absolute Gasteiger partial charge is 0.0111 e. The van der Waals surface area contributed by atoms with Crippen molar-refractivity contribution in [3.8, 4) is 0 Å². The van der Waals surface area contributed by atoms with E-state index < -0.39 is 0 Å². The van der Waals surface area contributed by atoms with Crippen LogP contribution in [0.4, 0.5) is 0 Å². The lowest BCUT2D eigenvalue weighted by atomic mass is 9.77. The van der Waals surface area contributed by atoms with Gasteiger partial charge in [0.25, 0.3) is 0 Å². The minimum atomic E-state index is 0.162. The Kier molecular flexibility index (Phi) is 2.52. The Balaban J connectivity index is 2.37. The lowest BCUT2D eigenvalue weighted by Crippen LogP contribution is -2.19. The van der Waals surface area contributed by atoms with E-state index in [2.05, 4.69) is 63.3 Å². The molecule has 0 heteroatoms. The maximum atomic E-state index is 2.31. The number of rotatable bonds is 2. The highest BCUT2D eigenvalue weighted by atomic mass is 14.3. The molecule has 0 spiro atoms. The van der Waals surface area contributed by atoms with Crippen LogP contribution >= 0.6 is 0 Å². The van der Waals surface area contributed by atoms with Gasteiger partial charge in [-0.25, -0.2) is 0 Å². The van der Waals surface area contributed by atoms with Gasteiger partial charge in [-0.15, -0.1) is 0 Å². The Labute approximate surface area is 92.3 Å². The van der Waals surface area contributed by atoms with Gasteiger partial charge in [-0.05, 0) is 18.9 Å². The summed E-state index contributed by atoms with van der Waals surface area (Å²) in [5.74, 6) is 0. The Hall–Kier alpha value is -1.30. The molecule has 0 unspecified atom stereocenters. The van der Waals surface area contributed by atoms with E-state index in [0.717, 1.165) is 6.42 Å². The molecule has 0 saturated heterocycles. The van der Waals surface area contributed by atoms with E-state index in [1.807, 2.05) is 0 Å². The van der Waals surface area contributed by atoms with Crippen molar-refractivity contribution in [3.63, 3.8) is 0 Å². The molecule has 0 radical (unpaired) electrons. The van der Waals surface area contributed by atoms with Crippen LogP contribution in [0.15, 0.2) is 48.1 Å². The SMILES string of the molecule is Cc1cccc(C(C)(C)C2=CC=CC2)c1. The molecule has 1 aliphatic rings. The van der Waals surface area contributed by atoms with Crippen LogP contribution in [0.1, 0.15) is 31.4 Å². The summed E-state index contributed by atoms with van der Waals surface area (Å²) in [6.07, 6.45) is 7.74. The normalized spacial score (nSPS) is 15.5. The predicted molar refractivity (Wildman–Crippen MR) is 66.0 cm³/mol. The van der Waals surface area contributed by atoms with Crippen molar-refractivity contribution in [2.24, 2.45) is 0 Å². The molecule has 0 saturated carbocycles. The number of benzene rings is 1. The monoisotopic (exact) mass is 198 g/mol. The fourth-order valence-corrected chi connectivity index (χ4v) is 2.13. The van der Waals surface area contributed by atoms with Gasteiger partial charge in [-0.3, -0.25) is 0 Å². The number of allylic oxidation sites excluding steroid dienone is 4. The number of hydrogen-bond acceptors (Lipinski definition) is 0. The van der Waals surface area contributed by atoms with Crippen LogP contribution in [-0.4, -0.2) is 0 Å². The van der Waals surface area contributed by atoms with Crippen LogP contribution in [0.5, 0.6) is 0 Å². The van der Waals surface area contributed by atoms with E-state index in [1.165, 1.54) is 16.7 Å². The van der Waals surface area contributed by atoms with Gasteiger partial charge in [0.15, 0.2) is 0 Å². The van der Waals surface area contributed by atoms with Crippen LogP contribution in [0.25, 0.3) is 0 Å². The third-order valence-corrected chi connectivity index (χ3v) is 3.31. The highest BCUT2D eigenvalue weighted by molar-refractivity contribution is 5.41. The average molecular weight is 198 g/mol. The largest absolute Gasteiger partial charge is 0.0804 e. The highest BCUT2D eigenvalue weighted by Gasteiger charge is 2.25. The number of hydrogen-bond donors (Lipinski definition) is 0. The van der Waals surface area contributed by atoms with E-state index >= 15 is 0 Å². The van der Waals surface area contributed by atoms with E-state index in [4.69, 9.17) is 0 Å². The van der Waals surface area contributed by atoms with E-state index in [0.29, 0.717) is 0 Å². The minimum absolute atomic E-state index is 0.162. The summed E-state index contributed by atoms with van der Waals surface area (Å²) in [5.41, 5.74) is 4.42. The summed E-state index contributed by atoms with van der Waals surface area (Å²) in [4.78, 5) is 0. The molecule has 78 valence electrons. The zero-order valence-corrected chi connectivity index (χ0v) is 9.75. The molecule has 0 nitrogen and oxygen atoms in total.